The number of hydrogen-bond acceptors (Lipinski definition) is 3. The minimum absolute atomic E-state index is 0.157. The number of benzene rings is 1. The van der Waals surface area contributed by atoms with Gasteiger partial charge in [0.2, 0.25) is 0 Å². The van der Waals surface area contributed by atoms with Gasteiger partial charge in [0.05, 0.1) is 0 Å². The van der Waals surface area contributed by atoms with E-state index in [2.05, 4.69) is 39.6 Å². The van der Waals surface area contributed by atoms with Crippen LogP contribution in [0.15, 0.2) is 55.1 Å². The third kappa shape index (κ3) is 2.35. The van der Waals surface area contributed by atoms with Gasteiger partial charge in [-0.2, -0.15) is 0 Å². The monoisotopic (exact) mass is 292 g/mol. The fraction of sp³-hybridized carbons (Fsp3) is 0.235. The predicted molar refractivity (Wildman–Crippen MR) is 82.6 cm³/mol. The Morgan fingerprint density at radius 1 is 1.18 bits per heavy atom. The number of nitrogens with one attached hydrogen (secondary N) is 1. The Balaban J connectivity index is 1.41. The minimum Gasteiger partial charge on any atom is -0.350 e. The number of nitrogens with zero attached hydrogens (tertiary/aromatic N) is 3. The Kier molecular flexibility index (Phi) is 3.11. The van der Waals surface area contributed by atoms with Gasteiger partial charge in [0.1, 0.15) is 0 Å². The average molecular weight is 292 g/mol. The van der Waals surface area contributed by atoms with E-state index in [-0.39, 0.29) is 5.91 Å². The van der Waals surface area contributed by atoms with Crippen LogP contribution in [-0.2, 0) is 0 Å². The van der Waals surface area contributed by atoms with Crippen LogP contribution >= 0.6 is 0 Å². The van der Waals surface area contributed by atoms with Crippen LogP contribution in [0.3, 0.4) is 0 Å². The van der Waals surface area contributed by atoms with Crippen molar-refractivity contribution >= 4 is 11.6 Å². The summed E-state index contributed by atoms with van der Waals surface area (Å²) in [6.45, 7) is 0.682. The molecule has 1 amide bonds. The fourth-order valence-corrected chi connectivity index (χ4v) is 2.90. The molecule has 1 N–H and O–H groups in total. The molecule has 3 aromatic rings. The maximum atomic E-state index is 12.3. The largest absolute Gasteiger partial charge is 0.350 e. The highest BCUT2D eigenvalue weighted by molar-refractivity contribution is 5.97. The molecule has 1 aromatic carbocycles. The van der Waals surface area contributed by atoms with Crippen LogP contribution in [0.2, 0.25) is 0 Å². The smallest absolute Gasteiger partial charge is 0.273 e. The number of aromatic nitrogens is 3. The Labute approximate surface area is 128 Å². The second kappa shape index (κ2) is 5.26. The topological polar surface area (TPSA) is 59.3 Å². The van der Waals surface area contributed by atoms with Crippen molar-refractivity contribution in [1.29, 1.82) is 0 Å². The van der Waals surface area contributed by atoms with Crippen LogP contribution in [0.4, 0.5) is 0 Å². The van der Waals surface area contributed by atoms with Crippen molar-refractivity contribution in [3.05, 3.63) is 66.4 Å². The standard InChI is InChI=1S/C17H16N4O/c22-17(15-16-19-7-9-21(16)8-6-18-15)20-11-13-10-14(13)12-4-2-1-3-5-12/h1-9,13-14H,10-11H2,(H,20,22)/t13-,14-/m0/s1. The van der Waals surface area contributed by atoms with E-state index in [0.29, 0.717) is 29.7 Å². The summed E-state index contributed by atoms with van der Waals surface area (Å²) in [5.41, 5.74) is 2.33. The second-order valence-electron chi connectivity index (χ2n) is 5.66. The first kappa shape index (κ1) is 13.0. The van der Waals surface area contributed by atoms with Gasteiger partial charge in [0.25, 0.3) is 5.91 Å². The zero-order valence-corrected chi connectivity index (χ0v) is 12.0. The third-order valence-corrected chi connectivity index (χ3v) is 4.20. The summed E-state index contributed by atoms with van der Waals surface area (Å²) < 4.78 is 1.80. The highest BCUT2D eigenvalue weighted by Gasteiger charge is 2.38. The van der Waals surface area contributed by atoms with Crippen molar-refractivity contribution in [3.8, 4) is 0 Å². The zero-order valence-electron chi connectivity index (χ0n) is 12.0. The lowest BCUT2D eigenvalue weighted by Crippen LogP contribution is -2.27. The SMILES string of the molecule is O=C(NC[C@@H]1C[C@H]1c1ccccc1)c1nccn2ccnc12. The van der Waals surface area contributed by atoms with Gasteiger partial charge in [-0.15, -0.1) is 0 Å². The first-order chi connectivity index (χ1) is 10.8. The normalized spacial score (nSPS) is 20.0. The highest BCUT2D eigenvalue weighted by Crippen LogP contribution is 2.46. The lowest BCUT2D eigenvalue weighted by Gasteiger charge is -2.05. The van der Waals surface area contributed by atoms with Crippen molar-refractivity contribution in [3.63, 3.8) is 0 Å². The molecule has 1 saturated carbocycles. The lowest BCUT2D eigenvalue weighted by molar-refractivity contribution is 0.0948. The van der Waals surface area contributed by atoms with Crippen LogP contribution < -0.4 is 5.32 Å². The van der Waals surface area contributed by atoms with Gasteiger partial charge >= 0.3 is 0 Å². The number of carbonyl (C=O) groups is 1. The molecule has 2 aromatic heterocycles. The summed E-state index contributed by atoms with van der Waals surface area (Å²) in [5.74, 6) is 0.929. The molecule has 5 heteroatoms. The number of carbonyl (C=O) groups excluding carboxylic acids is 1. The third-order valence-electron chi connectivity index (χ3n) is 4.20. The molecule has 1 fully saturated rings. The van der Waals surface area contributed by atoms with E-state index in [1.54, 1.807) is 29.2 Å². The van der Waals surface area contributed by atoms with Crippen molar-refractivity contribution in [2.45, 2.75) is 12.3 Å². The van der Waals surface area contributed by atoms with E-state index in [4.69, 9.17) is 0 Å². The molecule has 0 saturated heterocycles. The van der Waals surface area contributed by atoms with Gasteiger partial charge in [0.15, 0.2) is 11.3 Å². The fourth-order valence-electron chi connectivity index (χ4n) is 2.90. The highest BCUT2D eigenvalue weighted by atomic mass is 16.1. The van der Waals surface area contributed by atoms with E-state index in [9.17, 15) is 4.79 Å². The van der Waals surface area contributed by atoms with Gasteiger partial charge in [-0.1, -0.05) is 30.3 Å². The number of hydrogen-bond donors (Lipinski definition) is 1. The molecule has 0 radical (unpaired) electrons. The Morgan fingerprint density at radius 3 is 2.77 bits per heavy atom. The predicted octanol–water partition coefficient (Wildman–Crippen LogP) is 2.26. The van der Waals surface area contributed by atoms with Crippen LogP contribution in [0, 0.1) is 5.92 Å². The molecular weight excluding hydrogens is 276 g/mol. The maximum absolute atomic E-state index is 12.3. The quantitative estimate of drug-likeness (QED) is 0.802. The molecule has 2 heterocycles. The number of imidazole rings is 1. The number of amides is 1. The molecule has 0 spiro atoms. The molecular formula is C17H16N4O. The molecule has 0 unspecified atom stereocenters. The van der Waals surface area contributed by atoms with Crippen molar-refractivity contribution in [2.75, 3.05) is 6.54 Å². The lowest BCUT2D eigenvalue weighted by atomic mass is 10.1. The zero-order chi connectivity index (χ0) is 14.9. The van der Waals surface area contributed by atoms with Gasteiger partial charge < -0.3 is 9.72 Å². The number of rotatable bonds is 4. The molecule has 4 rings (SSSR count). The van der Waals surface area contributed by atoms with Gasteiger partial charge in [-0.3, -0.25) is 4.79 Å². The summed E-state index contributed by atoms with van der Waals surface area (Å²) in [6, 6.07) is 10.5. The molecule has 22 heavy (non-hydrogen) atoms. The van der Waals surface area contributed by atoms with Crippen molar-refractivity contribution < 1.29 is 4.79 Å². The van der Waals surface area contributed by atoms with Crippen LogP contribution in [0.25, 0.3) is 5.65 Å². The average Bonchev–Trinajstić information content (AvgIpc) is 3.19. The summed E-state index contributed by atoms with van der Waals surface area (Å²) in [6.07, 6.45) is 8.00. The first-order valence-electron chi connectivity index (χ1n) is 7.44. The molecule has 1 aliphatic carbocycles. The summed E-state index contributed by atoms with van der Waals surface area (Å²) >= 11 is 0. The van der Waals surface area contributed by atoms with E-state index in [1.807, 2.05) is 6.07 Å². The molecule has 1 aliphatic rings. The van der Waals surface area contributed by atoms with E-state index in [0.717, 1.165) is 6.42 Å². The summed E-state index contributed by atoms with van der Waals surface area (Å²) in [4.78, 5) is 20.6. The Hall–Kier alpha value is -2.69. The van der Waals surface area contributed by atoms with Crippen molar-refractivity contribution in [2.24, 2.45) is 5.92 Å². The van der Waals surface area contributed by atoms with Gasteiger partial charge in [0, 0.05) is 31.3 Å². The summed E-state index contributed by atoms with van der Waals surface area (Å²) in [5, 5.41) is 2.99. The Morgan fingerprint density at radius 2 is 1.95 bits per heavy atom. The molecule has 5 nitrogen and oxygen atoms in total. The second-order valence-corrected chi connectivity index (χ2v) is 5.66. The molecule has 110 valence electrons. The van der Waals surface area contributed by atoms with Gasteiger partial charge in [-0.05, 0) is 23.8 Å². The van der Waals surface area contributed by atoms with E-state index in [1.165, 1.54) is 5.56 Å². The number of fused-ring (bicyclic) bond motifs is 1. The van der Waals surface area contributed by atoms with Crippen LogP contribution in [0.5, 0.6) is 0 Å². The molecule has 0 aliphatic heterocycles. The van der Waals surface area contributed by atoms with Crippen LogP contribution in [0.1, 0.15) is 28.4 Å². The van der Waals surface area contributed by atoms with Crippen molar-refractivity contribution in [1.82, 2.24) is 19.7 Å². The van der Waals surface area contributed by atoms with E-state index >= 15 is 0 Å². The van der Waals surface area contributed by atoms with Crippen LogP contribution in [-0.4, -0.2) is 26.8 Å². The molecule has 0 bridgehead atoms. The first-order valence-corrected chi connectivity index (χ1v) is 7.44. The minimum atomic E-state index is -0.157. The van der Waals surface area contributed by atoms with Gasteiger partial charge in [-0.25, -0.2) is 9.97 Å². The summed E-state index contributed by atoms with van der Waals surface area (Å²) in [7, 11) is 0. The molecule has 2 atom stereocenters. The van der Waals surface area contributed by atoms with E-state index < -0.39 is 0 Å². The Bertz CT molecular complexity index is 812. The maximum Gasteiger partial charge on any atom is 0.273 e.